The summed E-state index contributed by atoms with van der Waals surface area (Å²) in [6.07, 6.45) is 10.2. The Morgan fingerprint density at radius 2 is 1.93 bits per heavy atom. The number of ketones is 2. The minimum Gasteiger partial charge on any atom is -0.458 e. The van der Waals surface area contributed by atoms with Gasteiger partial charge in [0, 0.05) is 23.7 Å². The Hall–Kier alpha value is -0.720. The van der Waals surface area contributed by atoms with Crippen molar-refractivity contribution in [2.45, 2.75) is 65.2 Å². The Bertz CT molecular complexity index is 728. The Morgan fingerprint density at radius 3 is 2.64 bits per heavy atom. The molecule has 0 radical (unpaired) electrons. The molecule has 6 atom stereocenters. The van der Waals surface area contributed by atoms with Crippen LogP contribution in [-0.4, -0.2) is 28.6 Å². The van der Waals surface area contributed by atoms with Crippen molar-refractivity contribution >= 4 is 40.1 Å². The molecule has 0 aliphatic heterocycles. The molecule has 4 aliphatic carbocycles. The summed E-state index contributed by atoms with van der Waals surface area (Å²) < 4.78 is 6.07. The van der Waals surface area contributed by atoms with E-state index in [2.05, 4.69) is 29.5 Å². The average molecular weight is 498 g/mol. The number of hydrogen-bond acceptors (Lipinski definition) is 4. The van der Waals surface area contributed by atoms with Gasteiger partial charge in [0.25, 0.3) is 0 Å². The Labute approximate surface area is 181 Å². The maximum atomic E-state index is 12.9. The van der Waals surface area contributed by atoms with Gasteiger partial charge in [-0.2, -0.15) is 0 Å². The van der Waals surface area contributed by atoms with E-state index < -0.39 is 0 Å². The maximum Gasteiger partial charge on any atom is 0.303 e. The van der Waals surface area contributed by atoms with E-state index in [4.69, 9.17) is 4.74 Å². The van der Waals surface area contributed by atoms with Crippen molar-refractivity contribution in [3.63, 3.8) is 0 Å². The number of fused-ring (bicyclic) bond motifs is 5. The number of ether oxygens (including phenoxy) is 1. The van der Waals surface area contributed by atoms with Gasteiger partial charge in [0.2, 0.25) is 0 Å². The fraction of sp³-hybridized carbons (Fsp3) is 0.783. The second-order valence-corrected chi connectivity index (χ2v) is 10.5. The van der Waals surface area contributed by atoms with Crippen molar-refractivity contribution < 1.29 is 19.1 Å². The van der Waals surface area contributed by atoms with Crippen molar-refractivity contribution in [3.05, 3.63) is 11.6 Å². The molecule has 0 amide bonds. The number of carbonyl (C=O) groups excluding carboxylic acids is 3. The molecule has 3 saturated carbocycles. The third kappa shape index (κ3) is 3.10. The van der Waals surface area contributed by atoms with Crippen LogP contribution < -0.4 is 0 Å². The molecule has 0 aromatic carbocycles. The number of rotatable bonds is 4. The van der Waals surface area contributed by atoms with Crippen LogP contribution in [0.3, 0.4) is 0 Å². The van der Waals surface area contributed by atoms with Crippen LogP contribution in [0.5, 0.6) is 0 Å². The lowest BCUT2D eigenvalue weighted by atomic mass is 9.46. The third-order valence-corrected chi connectivity index (χ3v) is 10.2. The Morgan fingerprint density at radius 1 is 1.14 bits per heavy atom. The van der Waals surface area contributed by atoms with Crippen LogP contribution in [0.2, 0.25) is 0 Å². The minimum absolute atomic E-state index is 0.0346. The minimum atomic E-state index is -0.374. The predicted octanol–water partition coefficient (Wildman–Crippen LogP) is 4.68. The van der Waals surface area contributed by atoms with Gasteiger partial charge in [0.1, 0.15) is 6.61 Å². The molecule has 0 bridgehead atoms. The highest BCUT2D eigenvalue weighted by atomic mass is 127. The van der Waals surface area contributed by atoms with Gasteiger partial charge >= 0.3 is 5.97 Å². The summed E-state index contributed by atoms with van der Waals surface area (Å²) in [7, 11) is 0. The van der Waals surface area contributed by atoms with E-state index in [-0.39, 0.29) is 35.1 Å². The zero-order valence-corrected chi connectivity index (χ0v) is 19.1. The summed E-state index contributed by atoms with van der Waals surface area (Å²) in [6, 6.07) is 0. The molecule has 0 aromatic rings. The molecule has 0 N–H and O–H groups in total. The monoisotopic (exact) mass is 498 g/mol. The molecular formula is C23H31IO4. The molecule has 4 aliphatic rings. The predicted molar refractivity (Wildman–Crippen MR) is 115 cm³/mol. The van der Waals surface area contributed by atoms with Crippen LogP contribution in [0, 0.1) is 34.5 Å². The SMILES string of the molecule is CC(=O)OCC(=O)[C@H]1CC[C@H]2[C@@H]3CCC4=CC(=O)CC[C@]4(C)[C@H]3CC[C@]12CI. The summed E-state index contributed by atoms with van der Waals surface area (Å²) in [6.45, 7) is 3.70. The van der Waals surface area contributed by atoms with Gasteiger partial charge in [0.05, 0.1) is 0 Å². The first-order chi connectivity index (χ1) is 13.3. The molecule has 154 valence electrons. The third-order valence-electron chi connectivity index (χ3n) is 8.73. The van der Waals surface area contributed by atoms with Crippen LogP contribution in [0.15, 0.2) is 11.6 Å². The topological polar surface area (TPSA) is 60.4 Å². The zero-order chi connectivity index (χ0) is 20.1. The fourth-order valence-electron chi connectivity index (χ4n) is 7.38. The Balaban J connectivity index is 1.59. The van der Waals surface area contributed by atoms with Crippen LogP contribution in [0.25, 0.3) is 0 Å². The highest BCUT2D eigenvalue weighted by Crippen LogP contribution is 2.67. The van der Waals surface area contributed by atoms with E-state index in [0.29, 0.717) is 30.0 Å². The van der Waals surface area contributed by atoms with Gasteiger partial charge in [-0.15, -0.1) is 0 Å². The van der Waals surface area contributed by atoms with Gasteiger partial charge in [-0.3, -0.25) is 14.4 Å². The summed E-state index contributed by atoms with van der Waals surface area (Å²) in [5, 5.41) is 0. The standard InChI is InChI=1S/C23H31IO4/c1-14(25)28-12-21(27)20-6-5-19-17-4-3-15-11-16(26)7-9-22(15,2)18(17)8-10-23(19,20)13-24/h11,17-20H,3-10,12-13H2,1-2H3/t17-,18+,19+,20-,22+,23-/m1/s1. The number of carbonyl (C=O) groups is 3. The molecule has 0 heterocycles. The molecule has 0 saturated heterocycles. The van der Waals surface area contributed by atoms with Crippen molar-refractivity contribution in [1.29, 1.82) is 0 Å². The first kappa shape index (κ1) is 20.5. The van der Waals surface area contributed by atoms with E-state index in [9.17, 15) is 14.4 Å². The van der Waals surface area contributed by atoms with E-state index in [1.165, 1.54) is 12.5 Å². The molecule has 3 fully saturated rings. The summed E-state index contributed by atoms with van der Waals surface area (Å²) in [4.78, 5) is 36.1. The van der Waals surface area contributed by atoms with Gasteiger partial charge < -0.3 is 4.74 Å². The lowest BCUT2D eigenvalue weighted by Crippen LogP contribution is -2.53. The lowest BCUT2D eigenvalue weighted by molar-refractivity contribution is -0.149. The van der Waals surface area contributed by atoms with Crippen molar-refractivity contribution in [2.24, 2.45) is 34.5 Å². The van der Waals surface area contributed by atoms with Crippen LogP contribution in [0.4, 0.5) is 0 Å². The lowest BCUT2D eigenvalue weighted by Gasteiger charge is -2.58. The second-order valence-electron chi connectivity index (χ2n) is 9.75. The molecule has 5 heteroatoms. The van der Waals surface area contributed by atoms with E-state index in [0.717, 1.165) is 49.4 Å². The second kappa shape index (κ2) is 7.51. The number of hydrogen-bond donors (Lipinski definition) is 0. The van der Waals surface area contributed by atoms with E-state index in [1.54, 1.807) is 0 Å². The molecule has 0 unspecified atom stereocenters. The van der Waals surface area contributed by atoms with Crippen LogP contribution >= 0.6 is 22.6 Å². The van der Waals surface area contributed by atoms with Gasteiger partial charge in [-0.25, -0.2) is 0 Å². The number of halogens is 1. The number of esters is 1. The Kier molecular flexibility index (Phi) is 5.51. The highest BCUT2D eigenvalue weighted by molar-refractivity contribution is 14.1. The smallest absolute Gasteiger partial charge is 0.303 e. The van der Waals surface area contributed by atoms with E-state index >= 15 is 0 Å². The van der Waals surface area contributed by atoms with Crippen LogP contribution in [-0.2, 0) is 19.1 Å². The average Bonchev–Trinajstić information content (AvgIpc) is 3.07. The number of allylic oxidation sites excluding steroid dienone is 1. The van der Waals surface area contributed by atoms with Crippen molar-refractivity contribution in [1.82, 2.24) is 0 Å². The van der Waals surface area contributed by atoms with Gasteiger partial charge in [-0.1, -0.05) is 35.1 Å². The number of Topliss-reactive ketones (excluding diaryl/α,β-unsaturated/α-hetero) is 1. The molecule has 4 rings (SSSR count). The highest BCUT2D eigenvalue weighted by Gasteiger charge is 2.61. The maximum absolute atomic E-state index is 12.9. The van der Waals surface area contributed by atoms with Crippen molar-refractivity contribution in [3.8, 4) is 0 Å². The molecule has 4 nitrogen and oxygen atoms in total. The zero-order valence-electron chi connectivity index (χ0n) is 17.0. The molecular weight excluding hydrogens is 467 g/mol. The first-order valence-corrected chi connectivity index (χ1v) is 12.3. The quantitative estimate of drug-likeness (QED) is 0.321. The van der Waals surface area contributed by atoms with E-state index in [1.807, 2.05) is 6.08 Å². The van der Waals surface area contributed by atoms with Gasteiger partial charge in [-0.05, 0) is 79.6 Å². The summed E-state index contributed by atoms with van der Waals surface area (Å²) in [5.41, 5.74) is 1.64. The molecule has 0 aromatic heterocycles. The summed E-state index contributed by atoms with van der Waals surface area (Å²) in [5.74, 6) is 1.98. The first-order valence-electron chi connectivity index (χ1n) is 10.8. The molecule has 28 heavy (non-hydrogen) atoms. The fourth-order valence-corrected chi connectivity index (χ4v) is 8.86. The van der Waals surface area contributed by atoms with Crippen LogP contribution in [0.1, 0.15) is 65.2 Å². The largest absolute Gasteiger partial charge is 0.458 e. The van der Waals surface area contributed by atoms with Gasteiger partial charge in [0.15, 0.2) is 11.6 Å². The molecule has 0 spiro atoms. The van der Waals surface area contributed by atoms with Crippen molar-refractivity contribution in [2.75, 3.05) is 11.0 Å². The summed E-state index contributed by atoms with van der Waals surface area (Å²) >= 11 is 2.50. The number of alkyl halides is 1. The normalized spacial score (nSPS) is 42.1.